The van der Waals surface area contributed by atoms with Crippen LogP contribution in [0.2, 0.25) is 0 Å². The summed E-state index contributed by atoms with van der Waals surface area (Å²) in [7, 11) is 0. The number of carbonyl (C=O) groups is 1. The van der Waals surface area contributed by atoms with Crippen LogP contribution in [-0.4, -0.2) is 30.5 Å². The molecule has 1 aromatic carbocycles. The molecule has 1 fully saturated rings. The highest BCUT2D eigenvalue weighted by molar-refractivity contribution is 9.10. The number of hydrogen-bond acceptors (Lipinski definition) is 5. The third kappa shape index (κ3) is 6.22. The Morgan fingerprint density at radius 1 is 1.19 bits per heavy atom. The summed E-state index contributed by atoms with van der Waals surface area (Å²) >= 11 is 3.34. The number of anilines is 1. The maximum Gasteiger partial charge on any atom is 0.262 e. The minimum atomic E-state index is -0.346. The molecule has 6 nitrogen and oxygen atoms in total. The molecule has 2 aromatic rings. The number of amides is 1. The number of rotatable bonds is 6. The van der Waals surface area contributed by atoms with Gasteiger partial charge >= 0.3 is 0 Å². The first kappa shape index (κ1) is 19.6. The summed E-state index contributed by atoms with van der Waals surface area (Å²) in [6.45, 7) is 2.41. The zero-order chi connectivity index (χ0) is 19.1. The van der Waals surface area contributed by atoms with E-state index in [0.717, 1.165) is 17.6 Å². The molecular formula is C20H23BrN2O4. The van der Waals surface area contributed by atoms with Gasteiger partial charge in [-0.15, -0.1) is 0 Å². The van der Waals surface area contributed by atoms with Crippen molar-refractivity contribution in [1.29, 1.82) is 0 Å². The largest absolute Gasteiger partial charge is 0.477 e. The van der Waals surface area contributed by atoms with Crippen LogP contribution in [-0.2, 0) is 11.3 Å². The van der Waals surface area contributed by atoms with E-state index in [1.54, 1.807) is 12.1 Å². The number of hydrogen-bond donors (Lipinski definition) is 1. The number of benzene rings is 1. The summed E-state index contributed by atoms with van der Waals surface area (Å²) < 4.78 is 11.7. The quantitative estimate of drug-likeness (QED) is 0.748. The SMILES string of the molecule is O=C(COc1coc(CN2CCCCCC2)cc1=O)Nc1cccc(Br)c1. The lowest BCUT2D eigenvalue weighted by molar-refractivity contribution is -0.118. The van der Waals surface area contributed by atoms with E-state index in [9.17, 15) is 9.59 Å². The molecule has 0 bridgehead atoms. The van der Waals surface area contributed by atoms with E-state index < -0.39 is 0 Å². The van der Waals surface area contributed by atoms with E-state index in [-0.39, 0.29) is 23.7 Å². The Bertz CT molecular complexity index is 829. The predicted molar refractivity (Wildman–Crippen MR) is 107 cm³/mol. The van der Waals surface area contributed by atoms with Crippen molar-refractivity contribution in [3.63, 3.8) is 0 Å². The van der Waals surface area contributed by atoms with Crippen LogP contribution < -0.4 is 15.5 Å². The molecule has 7 heteroatoms. The van der Waals surface area contributed by atoms with Gasteiger partial charge < -0.3 is 14.5 Å². The second-order valence-electron chi connectivity index (χ2n) is 6.61. The summed E-state index contributed by atoms with van der Waals surface area (Å²) in [5, 5.41) is 2.71. The maximum absolute atomic E-state index is 12.2. The number of ether oxygens (including phenoxy) is 1. The minimum absolute atomic E-state index is 0.0407. The summed E-state index contributed by atoms with van der Waals surface area (Å²) in [5.74, 6) is 0.313. The summed E-state index contributed by atoms with van der Waals surface area (Å²) in [4.78, 5) is 26.5. The van der Waals surface area contributed by atoms with Crippen LogP contribution in [0.4, 0.5) is 5.69 Å². The Hall–Kier alpha value is -2.12. The molecule has 144 valence electrons. The lowest BCUT2D eigenvalue weighted by Crippen LogP contribution is -2.25. The van der Waals surface area contributed by atoms with Gasteiger partial charge in [-0.1, -0.05) is 34.8 Å². The first-order chi connectivity index (χ1) is 13.1. The molecule has 3 rings (SSSR count). The summed E-state index contributed by atoms with van der Waals surface area (Å²) in [6, 6.07) is 8.69. The zero-order valence-corrected chi connectivity index (χ0v) is 16.7. The van der Waals surface area contributed by atoms with E-state index in [0.29, 0.717) is 18.0 Å². The van der Waals surface area contributed by atoms with Crippen molar-refractivity contribution >= 4 is 27.5 Å². The fourth-order valence-corrected chi connectivity index (χ4v) is 3.45. The Labute approximate surface area is 166 Å². The molecule has 27 heavy (non-hydrogen) atoms. The lowest BCUT2D eigenvalue weighted by Gasteiger charge is -2.18. The molecule has 0 aliphatic carbocycles. The van der Waals surface area contributed by atoms with Gasteiger partial charge in [-0.05, 0) is 44.1 Å². The summed E-state index contributed by atoms with van der Waals surface area (Å²) in [5.41, 5.74) is 0.374. The molecule has 1 aliphatic rings. The van der Waals surface area contributed by atoms with Gasteiger partial charge in [-0.3, -0.25) is 14.5 Å². The molecular weight excluding hydrogens is 412 g/mol. The third-order valence-electron chi connectivity index (χ3n) is 4.40. The summed E-state index contributed by atoms with van der Waals surface area (Å²) in [6.07, 6.45) is 6.17. The van der Waals surface area contributed by atoms with Gasteiger partial charge in [0.1, 0.15) is 12.0 Å². The van der Waals surface area contributed by atoms with Crippen LogP contribution in [0.25, 0.3) is 0 Å². The number of likely N-dealkylation sites (tertiary alicyclic amines) is 1. The molecule has 1 saturated heterocycles. The molecule has 1 amide bonds. The van der Waals surface area contributed by atoms with Gasteiger partial charge in [0.15, 0.2) is 6.61 Å². The van der Waals surface area contributed by atoms with Gasteiger partial charge in [0.05, 0.1) is 6.54 Å². The van der Waals surface area contributed by atoms with Gasteiger partial charge in [0.2, 0.25) is 11.2 Å². The van der Waals surface area contributed by atoms with E-state index in [1.807, 2.05) is 12.1 Å². The van der Waals surface area contributed by atoms with Crippen molar-refractivity contribution in [2.45, 2.75) is 32.2 Å². The molecule has 0 atom stereocenters. The van der Waals surface area contributed by atoms with Crippen LogP contribution in [0.5, 0.6) is 5.75 Å². The Morgan fingerprint density at radius 3 is 2.67 bits per heavy atom. The third-order valence-corrected chi connectivity index (χ3v) is 4.89. The highest BCUT2D eigenvalue weighted by Crippen LogP contribution is 2.16. The maximum atomic E-state index is 12.2. The van der Waals surface area contributed by atoms with E-state index in [4.69, 9.17) is 9.15 Å². The molecule has 0 spiro atoms. The van der Waals surface area contributed by atoms with Crippen molar-refractivity contribution in [3.8, 4) is 5.75 Å². The Balaban J connectivity index is 1.53. The van der Waals surface area contributed by atoms with Crippen LogP contribution >= 0.6 is 15.9 Å². The fourth-order valence-electron chi connectivity index (χ4n) is 3.05. The van der Waals surface area contributed by atoms with E-state index in [1.165, 1.54) is 38.0 Å². The van der Waals surface area contributed by atoms with Crippen molar-refractivity contribution < 1.29 is 13.9 Å². The molecule has 1 aliphatic heterocycles. The van der Waals surface area contributed by atoms with Crippen molar-refractivity contribution in [2.75, 3.05) is 25.0 Å². The topological polar surface area (TPSA) is 71.8 Å². The smallest absolute Gasteiger partial charge is 0.262 e. The molecule has 1 aromatic heterocycles. The van der Waals surface area contributed by atoms with Crippen LogP contribution in [0.15, 0.2) is 50.3 Å². The monoisotopic (exact) mass is 434 g/mol. The van der Waals surface area contributed by atoms with Crippen molar-refractivity contribution in [3.05, 3.63) is 57.1 Å². The van der Waals surface area contributed by atoms with Gasteiger partial charge in [0.25, 0.3) is 5.91 Å². The van der Waals surface area contributed by atoms with Crippen LogP contribution in [0.1, 0.15) is 31.4 Å². The number of nitrogens with zero attached hydrogens (tertiary/aromatic N) is 1. The van der Waals surface area contributed by atoms with Crippen LogP contribution in [0.3, 0.4) is 0 Å². The highest BCUT2D eigenvalue weighted by atomic mass is 79.9. The van der Waals surface area contributed by atoms with Crippen molar-refractivity contribution in [2.24, 2.45) is 0 Å². The van der Waals surface area contributed by atoms with Gasteiger partial charge in [-0.25, -0.2) is 0 Å². The molecule has 0 radical (unpaired) electrons. The number of nitrogens with one attached hydrogen (secondary N) is 1. The van der Waals surface area contributed by atoms with Gasteiger partial charge in [0, 0.05) is 16.2 Å². The average Bonchev–Trinajstić information content (AvgIpc) is 2.90. The Morgan fingerprint density at radius 2 is 1.96 bits per heavy atom. The number of halogens is 1. The van der Waals surface area contributed by atoms with E-state index >= 15 is 0 Å². The molecule has 1 N–H and O–H groups in total. The first-order valence-corrected chi connectivity index (χ1v) is 9.92. The first-order valence-electron chi connectivity index (χ1n) is 9.12. The minimum Gasteiger partial charge on any atom is -0.477 e. The normalized spacial score (nSPS) is 15.1. The number of carbonyl (C=O) groups excluding carboxylic acids is 1. The lowest BCUT2D eigenvalue weighted by atomic mass is 10.2. The van der Waals surface area contributed by atoms with Gasteiger partial charge in [-0.2, -0.15) is 0 Å². The highest BCUT2D eigenvalue weighted by Gasteiger charge is 2.13. The second-order valence-corrected chi connectivity index (χ2v) is 7.53. The Kier molecular flexibility index (Phi) is 7.06. The molecule has 2 heterocycles. The predicted octanol–water partition coefficient (Wildman–Crippen LogP) is 3.80. The average molecular weight is 435 g/mol. The molecule has 0 saturated carbocycles. The van der Waals surface area contributed by atoms with E-state index in [2.05, 4.69) is 26.1 Å². The second kappa shape index (κ2) is 9.71. The van der Waals surface area contributed by atoms with Crippen molar-refractivity contribution in [1.82, 2.24) is 4.90 Å². The molecule has 0 unspecified atom stereocenters. The van der Waals surface area contributed by atoms with Crippen LogP contribution in [0, 0.1) is 0 Å². The zero-order valence-electron chi connectivity index (χ0n) is 15.1. The fraction of sp³-hybridized carbons (Fsp3) is 0.400. The standard InChI is InChI=1S/C20H23BrN2O4/c21-15-6-5-7-16(10-15)22-20(25)14-27-19-13-26-17(11-18(19)24)12-23-8-3-1-2-4-9-23/h5-7,10-11,13H,1-4,8-9,12,14H2,(H,22,25).